The average Bonchev–Trinajstić information content (AvgIpc) is 3.07. The van der Waals surface area contributed by atoms with Crippen molar-refractivity contribution >= 4 is 22.4 Å². The second kappa shape index (κ2) is 5.42. The molecule has 26 heavy (non-hydrogen) atoms. The van der Waals surface area contributed by atoms with Gasteiger partial charge in [-0.1, -0.05) is 36.4 Å². The molecule has 5 rings (SSSR count). The number of nitrogens with one attached hydrogen (secondary N) is 1. The predicted molar refractivity (Wildman–Crippen MR) is 100 cm³/mol. The number of anilines is 1. The van der Waals surface area contributed by atoms with Crippen LogP contribution in [0.2, 0.25) is 0 Å². The van der Waals surface area contributed by atoms with Crippen LogP contribution in [0.1, 0.15) is 11.7 Å². The standard InChI is InChI=1S/C20H14N4O2/c25-24(26)14-7-5-6-13(12-14)19-21-16-9-2-1-8-15(16)20-22-17-10-3-4-11-18(17)23(19)20/h1-12,19,21H/t19-/m1/s1. The Hall–Kier alpha value is -3.67. The van der Waals surface area contributed by atoms with Gasteiger partial charge in [-0.2, -0.15) is 0 Å². The maximum atomic E-state index is 11.2. The topological polar surface area (TPSA) is 73.0 Å². The van der Waals surface area contributed by atoms with Gasteiger partial charge in [-0.05, 0) is 24.3 Å². The molecule has 0 aliphatic carbocycles. The van der Waals surface area contributed by atoms with E-state index in [1.54, 1.807) is 12.1 Å². The Morgan fingerprint density at radius 2 is 1.81 bits per heavy atom. The maximum Gasteiger partial charge on any atom is 0.269 e. The Morgan fingerprint density at radius 1 is 1.00 bits per heavy atom. The summed E-state index contributed by atoms with van der Waals surface area (Å²) in [7, 11) is 0. The number of fused-ring (bicyclic) bond motifs is 5. The number of non-ortho nitro benzene ring substituents is 1. The van der Waals surface area contributed by atoms with Crippen molar-refractivity contribution in [2.24, 2.45) is 0 Å². The second-order valence-corrected chi connectivity index (χ2v) is 6.24. The van der Waals surface area contributed by atoms with Crippen LogP contribution in [0.5, 0.6) is 0 Å². The van der Waals surface area contributed by atoms with Gasteiger partial charge in [-0.25, -0.2) is 4.98 Å². The molecule has 1 aromatic heterocycles. The molecule has 0 bridgehead atoms. The summed E-state index contributed by atoms with van der Waals surface area (Å²) in [5.41, 5.74) is 4.77. The highest BCUT2D eigenvalue weighted by molar-refractivity contribution is 5.86. The van der Waals surface area contributed by atoms with Crippen molar-refractivity contribution in [1.29, 1.82) is 0 Å². The Kier molecular flexibility index (Phi) is 3.05. The zero-order chi connectivity index (χ0) is 17.7. The molecule has 0 amide bonds. The lowest BCUT2D eigenvalue weighted by molar-refractivity contribution is -0.384. The lowest BCUT2D eigenvalue weighted by Crippen LogP contribution is -2.24. The summed E-state index contributed by atoms with van der Waals surface area (Å²) in [6.07, 6.45) is -0.271. The predicted octanol–water partition coefficient (Wildman–Crippen LogP) is 4.58. The van der Waals surface area contributed by atoms with Crippen LogP contribution in [0, 0.1) is 10.1 Å². The zero-order valence-corrected chi connectivity index (χ0v) is 13.7. The van der Waals surface area contributed by atoms with Crippen LogP contribution in [0.15, 0.2) is 72.8 Å². The first-order chi connectivity index (χ1) is 12.7. The molecule has 0 unspecified atom stereocenters. The Balaban J connectivity index is 1.79. The number of nitrogens with zero attached hydrogens (tertiary/aromatic N) is 3. The fourth-order valence-corrected chi connectivity index (χ4v) is 3.55. The number of nitro groups is 1. The van der Waals surface area contributed by atoms with E-state index in [2.05, 4.69) is 9.88 Å². The van der Waals surface area contributed by atoms with Gasteiger partial charge < -0.3 is 5.32 Å². The Labute approximate surface area is 148 Å². The molecular formula is C20H14N4O2. The van der Waals surface area contributed by atoms with Crippen molar-refractivity contribution in [3.05, 3.63) is 88.5 Å². The van der Waals surface area contributed by atoms with Crippen LogP contribution in [-0.2, 0) is 0 Å². The van der Waals surface area contributed by atoms with E-state index in [0.29, 0.717) is 0 Å². The molecule has 0 radical (unpaired) electrons. The van der Waals surface area contributed by atoms with Crippen LogP contribution in [0.3, 0.4) is 0 Å². The Bertz CT molecular complexity index is 1170. The molecule has 1 atom stereocenters. The molecule has 0 saturated heterocycles. The number of hydrogen-bond donors (Lipinski definition) is 1. The fourth-order valence-electron chi connectivity index (χ4n) is 3.55. The summed E-state index contributed by atoms with van der Waals surface area (Å²) in [5.74, 6) is 0.858. The van der Waals surface area contributed by atoms with Gasteiger partial charge in [-0.3, -0.25) is 14.7 Å². The molecule has 0 saturated carbocycles. The summed E-state index contributed by atoms with van der Waals surface area (Å²) >= 11 is 0. The van der Waals surface area contributed by atoms with Crippen LogP contribution in [0.4, 0.5) is 11.4 Å². The van der Waals surface area contributed by atoms with Gasteiger partial charge in [0.15, 0.2) is 0 Å². The average molecular weight is 342 g/mol. The SMILES string of the molecule is O=[N+]([O-])c1cccc([C@@H]2Nc3ccccc3-c3nc4ccccc4n32)c1. The Morgan fingerprint density at radius 3 is 2.69 bits per heavy atom. The minimum atomic E-state index is -0.368. The van der Waals surface area contributed by atoms with Gasteiger partial charge >= 0.3 is 0 Å². The van der Waals surface area contributed by atoms with Gasteiger partial charge in [0.1, 0.15) is 12.0 Å². The molecule has 126 valence electrons. The highest BCUT2D eigenvalue weighted by Crippen LogP contribution is 2.40. The first kappa shape index (κ1) is 14.7. The summed E-state index contributed by atoms with van der Waals surface area (Å²) in [5, 5.41) is 14.7. The van der Waals surface area contributed by atoms with E-state index in [-0.39, 0.29) is 16.8 Å². The second-order valence-electron chi connectivity index (χ2n) is 6.24. The molecule has 1 aliphatic rings. The fraction of sp³-hybridized carbons (Fsp3) is 0.0500. The molecule has 6 nitrogen and oxygen atoms in total. The van der Waals surface area contributed by atoms with Crippen molar-refractivity contribution in [2.75, 3.05) is 5.32 Å². The summed E-state index contributed by atoms with van der Waals surface area (Å²) in [6.45, 7) is 0. The van der Waals surface area contributed by atoms with E-state index in [1.807, 2.05) is 54.6 Å². The van der Waals surface area contributed by atoms with E-state index in [9.17, 15) is 10.1 Å². The minimum Gasteiger partial charge on any atom is -0.361 e. The number of nitro benzene ring substituents is 1. The molecule has 0 spiro atoms. The first-order valence-electron chi connectivity index (χ1n) is 8.29. The molecule has 3 aromatic carbocycles. The number of rotatable bonds is 2. The van der Waals surface area contributed by atoms with Crippen molar-refractivity contribution in [3.63, 3.8) is 0 Å². The number of hydrogen-bond acceptors (Lipinski definition) is 4. The van der Waals surface area contributed by atoms with Crippen LogP contribution < -0.4 is 5.32 Å². The zero-order valence-electron chi connectivity index (χ0n) is 13.7. The molecule has 4 aromatic rings. The molecular weight excluding hydrogens is 328 g/mol. The summed E-state index contributed by atoms with van der Waals surface area (Å²) in [4.78, 5) is 15.7. The maximum absolute atomic E-state index is 11.2. The van der Waals surface area contributed by atoms with Crippen LogP contribution >= 0.6 is 0 Å². The molecule has 2 heterocycles. The molecule has 1 N–H and O–H groups in total. The summed E-state index contributed by atoms with van der Waals surface area (Å²) in [6, 6.07) is 22.7. The van der Waals surface area contributed by atoms with E-state index >= 15 is 0 Å². The minimum absolute atomic E-state index is 0.0779. The lowest BCUT2D eigenvalue weighted by Gasteiger charge is -2.30. The molecule has 0 fully saturated rings. The largest absolute Gasteiger partial charge is 0.361 e. The number of imidazole rings is 1. The van der Waals surface area contributed by atoms with Gasteiger partial charge in [0.05, 0.1) is 16.0 Å². The van der Waals surface area contributed by atoms with Gasteiger partial charge in [0.2, 0.25) is 0 Å². The highest BCUT2D eigenvalue weighted by Gasteiger charge is 2.28. The number of benzene rings is 3. The molecule has 1 aliphatic heterocycles. The third-order valence-electron chi connectivity index (χ3n) is 4.71. The third kappa shape index (κ3) is 2.09. The number of para-hydroxylation sites is 3. The van der Waals surface area contributed by atoms with Crippen molar-refractivity contribution in [1.82, 2.24) is 9.55 Å². The summed E-state index contributed by atoms with van der Waals surface area (Å²) < 4.78 is 2.11. The van der Waals surface area contributed by atoms with Gasteiger partial charge in [0.25, 0.3) is 5.69 Å². The first-order valence-corrected chi connectivity index (χ1v) is 8.29. The van der Waals surface area contributed by atoms with Crippen LogP contribution in [0.25, 0.3) is 22.4 Å². The quantitative estimate of drug-likeness (QED) is 0.427. The van der Waals surface area contributed by atoms with E-state index in [1.165, 1.54) is 6.07 Å². The monoisotopic (exact) mass is 342 g/mol. The highest BCUT2D eigenvalue weighted by atomic mass is 16.6. The lowest BCUT2D eigenvalue weighted by atomic mass is 10.1. The van der Waals surface area contributed by atoms with Crippen molar-refractivity contribution < 1.29 is 4.92 Å². The van der Waals surface area contributed by atoms with Gasteiger partial charge in [0, 0.05) is 28.9 Å². The normalized spacial score (nSPS) is 15.2. The smallest absolute Gasteiger partial charge is 0.269 e. The molecule has 6 heteroatoms. The van der Waals surface area contributed by atoms with E-state index in [0.717, 1.165) is 33.7 Å². The van der Waals surface area contributed by atoms with E-state index in [4.69, 9.17) is 4.98 Å². The van der Waals surface area contributed by atoms with E-state index < -0.39 is 0 Å². The number of aromatic nitrogens is 2. The van der Waals surface area contributed by atoms with Crippen molar-refractivity contribution in [3.8, 4) is 11.4 Å². The third-order valence-corrected chi connectivity index (χ3v) is 4.71. The van der Waals surface area contributed by atoms with Crippen LogP contribution in [-0.4, -0.2) is 14.5 Å². The van der Waals surface area contributed by atoms with Crippen molar-refractivity contribution in [2.45, 2.75) is 6.17 Å². The van der Waals surface area contributed by atoms with Gasteiger partial charge in [-0.15, -0.1) is 0 Å².